The molecular weight excluding hydrogens is 335 g/mol. The number of nitrogens with two attached hydrogens (primary N) is 2. The van der Waals surface area contributed by atoms with E-state index >= 15 is 0 Å². The molecule has 0 saturated heterocycles. The van der Waals surface area contributed by atoms with Crippen molar-refractivity contribution in [1.29, 1.82) is 0 Å². The fourth-order valence-electron chi connectivity index (χ4n) is 2.95. The Hall–Kier alpha value is -2.73. The van der Waals surface area contributed by atoms with Crippen LogP contribution in [0.2, 0.25) is 0 Å². The molecule has 0 fully saturated rings. The Morgan fingerprint density at radius 3 is 2.38 bits per heavy atom. The first kappa shape index (κ1) is 19.6. The van der Waals surface area contributed by atoms with Gasteiger partial charge in [0.15, 0.2) is 0 Å². The molecule has 0 saturated carbocycles. The summed E-state index contributed by atoms with van der Waals surface area (Å²) in [7, 11) is 0. The van der Waals surface area contributed by atoms with Crippen molar-refractivity contribution in [2.24, 2.45) is 17.4 Å². The number of aliphatic hydroxyl groups excluding tert-OH is 1. The number of hydrogen-bond donors (Lipinski definition) is 3. The minimum atomic E-state index is -0.771. The van der Waals surface area contributed by atoms with Crippen molar-refractivity contribution in [3.63, 3.8) is 0 Å². The standard InChI is InChI=1S/C20H23FN2O3/c21-16-8-7-14(18(12-16)20(23)26)10-15(19(22)25)11-17(24)9-6-13-4-2-1-3-5-13/h1-5,7-8,12,15,17,24H,6,9-11H2,(H2,22,25)(H2,23,26)/t15-,17+/m1/s1. The summed E-state index contributed by atoms with van der Waals surface area (Å²) in [6.07, 6.45) is 0.731. The second-order valence-corrected chi connectivity index (χ2v) is 6.38. The van der Waals surface area contributed by atoms with Crippen LogP contribution in [0.1, 0.15) is 34.3 Å². The molecule has 2 aromatic carbocycles. The van der Waals surface area contributed by atoms with Crippen LogP contribution in [0.4, 0.5) is 4.39 Å². The van der Waals surface area contributed by atoms with Gasteiger partial charge in [-0.1, -0.05) is 36.4 Å². The van der Waals surface area contributed by atoms with E-state index < -0.39 is 29.7 Å². The zero-order valence-corrected chi connectivity index (χ0v) is 14.4. The molecule has 0 aliphatic rings. The molecule has 0 spiro atoms. The Balaban J connectivity index is 2.03. The van der Waals surface area contributed by atoms with E-state index in [2.05, 4.69) is 0 Å². The van der Waals surface area contributed by atoms with Gasteiger partial charge in [0, 0.05) is 11.5 Å². The van der Waals surface area contributed by atoms with E-state index in [9.17, 15) is 19.1 Å². The number of carbonyl (C=O) groups excluding carboxylic acids is 2. The smallest absolute Gasteiger partial charge is 0.249 e. The molecule has 0 aliphatic heterocycles. The molecule has 2 aromatic rings. The van der Waals surface area contributed by atoms with Gasteiger partial charge in [-0.05, 0) is 48.9 Å². The normalized spacial score (nSPS) is 13.2. The summed E-state index contributed by atoms with van der Waals surface area (Å²) in [6, 6.07) is 13.4. The Kier molecular flexibility index (Phi) is 6.86. The van der Waals surface area contributed by atoms with Gasteiger partial charge in [-0.15, -0.1) is 0 Å². The van der Waals surface area contributed by atoms with Crippen LogP contribution in [0.25, 0.3) is 0 Å². The summed E-state index contributed by atoms with van der Waals surface area (Å²) in [5, 5.41) is 10.3. The highest BCUT2D eigenvalue weighted by Gasteiger charge is 2.22. The molecule has 0 bridgehead atoms. The molecule has 0 radical (unpaired) electrons. The third kappa shape index (κ3) is 5.67. The molecule has 2 rings (SSSR count). The topological polar surface area (TPSA) is 106 Å². The van der Waals surface area contributed by atoms with Crippen LogP contribution in [-0.4, -0.2) is 23.0 Å². The summed E-state index contributed by atoms with van der Waals surface area (Å²) in [6.45, 7) is 0. The number of amides is 2. The molecule has 6 heteroatoms. The zero-order chi connectivity index (χ0) is 19.1. The Labute approximate surface area is 151 Å². The van der Waals surface area contributed by atoms with Crippen LogP contribution in [0.3, 0.4) is 0 Å². The van der Waals surface area contributed by atoms with Gasteiger partial charge in [-0.3, -0.25) is 9.59 Å². The van der Waals surface area contributed by atoms with Crippen molar-refractivity contribution in [2.75, 3.05) is 0 Å². The molecule has 5 nitrogen and oxygen atoms in total. The average Bonchev–Trinajstić information content (AvgIpc) is 2.61. The minimum Gasteiger partial charge on any atom is -0.393 e. The first-order valence-electron chi connectivity index (χ1n) is 8.46. The van der Waals surface area contributed by atoms with Crippen LogP contribution in [0.5, 0.6) is 0 Å². The largest absolute Gasteiger partial charge is 0.393 e. The van der Waals surface area contributed by atoms with E-state index in [1.807, 2.05) is 30.3 Å². The van der Waals surface area contributed by atoms with Crippen molar-refractivity contribution in [3.8, 4) is 0 Å². The van der Waals surface area contributed by atoms with Crippen LogP contribution in [-0.2, 0) is 17.6 Å². The summed E-state index contributed by atoms with van der Waals surface area (Å²) in [5.74, 6) is -2.61. The molecule has 0 heterocycles. The second kappa shape index (κ2) is 9.10. The number of carbonyl (C=O) groups is 2. The summed E-state index contributed by atoms with van der Waals surface area (Å²) >= 11 is 0. The van der Waals surface area contributed by atoms with Gasteiger partial charge in [-0.2, -0.15) is 0 Å². The Morgan fingerprint density at radius 2 is 1.77 bits per heavy atom. The maximum absolute atomic E-state index is 13.3. The first-order valence-corrected chi connectivity index (χ1v) is 8.46. The second-order valence-electron chi connectivity index (χ2n) is 6.38. The van der Waals surface area contributed by atoms with Crippen molar-refractivity contribution >= 4 is 11.8 Å². The van der Waals surface area contributed by atoms with Gasteiger partial charge in [0.05, 0.1) is 6.10 Å². The van der Waals surface area contributed by atoms with E-state index in [-0.39, 0.29) is 18.4 Å². The predicted octanol–water partition coefficient (Wildman–Crippen LogP) is 1.95. The average molecular weight is 358 g/mol. The third-order valence-electron chi connectivity index (χ3n) is 4.37. The van der Waals surface area contributed by atoms with Crippen molar-refractivity contribution in [1.82, 2.24) is 0 Å². The van der Waals surface area contributed by atoms with E-state index in [4.69, 9.17) is 11.5 Å². The molecule has 2 amide bonds. The van der Waals surface area contributed by atoms with Gasteiger partial charge < -0.3 is 16.6 Å². The molecular formula is C20H23FN2O3. The lowest BCUT2D eigenvalue weighted by molar-refractivity contribution is -0.122. The first-order chi connectivity index (χ1) is 12.4. The molecule has 0 unspecified atom stereocenters. The van der Waals surface area contributed by atoms with Crippen LogP contribution >= 0.6 is 0 Å². The van der Waals surface area contributed by atoms with Crippen LogP contribution in [0.15, 0.2) is 48.5 Å². The fraction of sp³-hybridized carbons (Fsp3) is 0.300. The number of benzene rings is 2. The number of halogens is 1. The van der Waals surface area contributed by atoms with Crippen LogP contribution in [0, 0.1) is 11.7 Å². The summed E-state index contributed by atoms with van der Waals surface area (Å²) in [4.78, 5) is 23.3. The fourth-order valence-corrected chi connectivity index (χ4v) is 2.95. The van der Waals surface area contributed by atoms with E-state index in [1.165, 1.54) is 12.1 Å². The number of primary amides is 2. The van der Waals surface area contributed by atoms with E-state index in [0.717, 1.165) is 11.6 Å². The lowest BCUT2D eigenvalue weighted by Crippen LogP contribution is -2.30. The number of aryl methyl sites for hydroxylation is 1. The SMILES string of the molecule is NC(=O)c1cc(F)ccc1C[C@H](C[C@@H](O)CCc1ccccc1)C(N)=O. The van der Waals surface area contributed by atoms with Crippen LogP contribution < -0.4 is 11.5 Å². The van der Waals surface area contributed by atoms with Gasteiger partial charge in [0.25, 0.3) is 0 Å². The van der Waals surface area contributed by atoms with E-state index in [1.54, 1.807) is 0 Å². The molecule has 5 N–H and O–H groups in total. The monoisotopic (exact) mass is 358 g/mol. The van der Waals surface area contributed by atoms with Gasteiger partial charge in [-0.25, -0.2) is 4.39 Å². The van der Waals surface area contributed by atoms with Crippen molar-refractivity contribution in [2.45, 2.75) is 31.8 Å². The van der Waals surface area contributed by atoms with Crippen molar-refractivity contribution < 1.29 is 19.1 Å². The lowest BCUT2D eigenvalue weighted by atomic mass is 9.89. The van der Waals surface area contributed by atoms with Gasteiger partial charge in [0.1, 0.15) is 5.82 Å². The minimum absolute atomic E-state index is 0.0232. The number of aliphatic hydroxyl groups is 1. The van der Waals surface area contributed by atoms with Gasteiger partial charge in [0.2, 0.25) is 11.8 Å². The zero-order valence-electron chi connectivity index (χ0n) is 14.4. The highest BCUT2D eigenvalue weighted by Crippen LogP contribution is 2.20. The summed E-state index contributed by atoms with van der Waals surface area (Å²) < 4.78 is 13.3. The Morgan fingerprint density at radius 1 is 1.08 bits per heavy atom. The molecule has 0 aromatic heterocycles. The predicted molar refractivity (Wildman–Crippen MR) is 96.7 cm³/mol. The van der Waals surface area contributed by atoms with Gasteiger partial charge >= 0.3 is 0 Å². The Bertz CT molecular complexity index is 765. The summed E-state index contributed by atoms with van der Waals surface area (Å²) in [5.41, 5.74) is 12.3. The highest BCUT2D eigenvalue weighted by molar-refractivity contribution is 5.94. The quantitative estimate of drug-likeness (QED) is 0.638. The third-order valence-corrected chi connectivity index (χ3v) is 4.37. The lowest BCUT2D eigenvalue weighted by Gasteiger charge is -2.19. The molecule has 138 valence electrons. The maximum atomic E-state index is 13.3. The number of hydrogen-bond acceptors (Lipinski definition) is 3. The van der Waals surface area contributed by atoms with Crippen molar-refractivity contribution in [3.05, 3.63) is 71.0 Å². The molecule has 26 heavy (non-hydrogen) atoms. The molecule has 2 atom stereocenters. The molecule has 0 aliphatic carbocycles. The maximum Gasteiger partial charge on any atom is 0.249 e. The van der Waals surface area contributed by atoms with E-state index in [0.29, 0.717) is 18.4 Å². The highest BCUT2D eigenvalue weighted by atomic mass is 19.1. The number of rotatable bonds is 9.